The van der Waals surface area contributed by atoms with Gasteiger partial charge in [0, 0.05) is 0 Å². The second-order valence-electron chi connectivity index (χ2n) is 6.62. The molecule has 31 heavy (non-hydrogen) atoms. The van der Waals surface area contributed by atoms with E-state index in [0.29, 0.717) is 0 Å². The summed E-state index contributed by atoms with van der Waals surface area (Å²) in [6, 6.07) is 20.1. The van der Waals surface area contributed by atoms with E-state index in [1.807, 2.05) is 48.5 Å². The molecule has 6 heteroatoms. The molecule has 0 fully saturated rings. The van der Waals surface area contributed by atoms with Crippen LogP contribution in [0.3, 0.4) is 0 Å². The molecular weight excluding hydrogens is 475 g/mol. The molecule has 4 nitrogen and oxygen atoms in total. The minimum absolute atomic E-state index is 0.0433. The zero-order chi connectivity index (χ0) is 22.5. The van der Waals surface area contributed by atoms with Crippen LogP contribution in [-0.4, -0.2) is 40.1 Å². The van der Waals surface area contributed by atoms with Gasteiger partial charge in [-0.05, 0) is 0 Å². The number of allylic oxidation sites excluding steroid dienone is 2. The number of hydrogen-bond acceptors (Lipinski definition) is 5. The molecule has 0 N–H and O–H groups in total. The average molecular weight is 504 g/mol. The van der Waals surface area contributed by atoms with Crippen LogP contribution in [-0.2, 0) is 19.1 Å². The summed E-state index contributed by atoms with van der Waals surface area (Å²) in [5.74, 6) is -1.14. The Labute approximate surface area is 195 Å². The van der Waals surface area contributed by atoms with Gasteiger partial charge in [0.15, 0.2) is 0 Å². The van der Waals surface area contributed by atoms with Crippen molar-refractivity contribution in [3.63, 3.8) is 0 Å². The zero-order valence-corrected chi connectivity index (χ0v) is 20.4. The molecule has 0 aliphatic heterocycles. The molecule has 0 saturated heterocycles. The van der Waals surface area contributed by atoms with E-state index in [1.54, 1.807) is 31.7 Å². The minimum atomic E-state index is -1.45. The van der Waals surface area contributed by atoms with Crippen LogP contribution in [0.1, 0.15) is 26.7 Å². The maximum absolute atomic E-state index is 13.0. The molecular formula is C25H28O4SSe. The van der Waals surface area contributed by atoms with E-state index in [0.717, 1.165) is 9.80 Å². The Hall–Kier alpha value is -2.27. The maximum atomic E-state index is 13.0. The van der Waals surface area contributed by atoms with Gasteiger partial charge in [-0.15, -0.1) is 0 Å². The molecule has 0 aromatic heterocycles. The van der Waals surface area contributed by atoms with Crippen LogP contribution in [0.25, 0.3) is 0 Å². The Balaban J connectivity index is 2.44. The van der Waals surface area contributed by atoms with Crippen molar-refractivity contribution < 1.29 is 19.1 Å². The summed E-state index contributed by atoms with van der Waals surface area (Å²) < 4.78 is 11.9. The van der Waals surface area contributed by atoms with E-state index in [1.165, 1.54) is 4.46 Å². The summed E-state index contributed by atoms with van der Waals surface area (Å²) in [6.07, 6.45) is 1.93. The number of esters is 2. The zero-order valence-electron chi connectivity index (χ0n) is 17.9. The third kappa shape index (κ3) is 7.42. The topological polar surface area (TPSA) is 52.6 Å². The normalized spacial score (nSPS) is 11.6. The third-order valence-corrected chi connectivity index (χ3v) is 7.72. The van der Waals surface area contributed by atoms with Crippen molar-refractivity contribution in [3.8, 4) is 0 Å². The first-order valence-electron chi connectivity index (χ1n) is 10.1. The van der Waals surface area contributed by atoms with Crippen molar-refractivity contribution in [1.29, 1.82) is 0 Å². The molecule has 0 saturated carbocycles. The number of carbonyl (C=O) groups excluding carboxylic acids is 2. The second kappa shape index (κ2) is 13.2. The van der Waals surface area contributed by atoms with Crippen molar-refractivity contribution in [1.82, 2.24) is 0 Å². The molecule has 0 amide bonds. The van der Waals surface area contributed by atoms with Crippen molar-refractivity contribution in [2.75, 3.05) is 13.2 Å². The van der Waals surface area contributed by atoms with Crippen LogP contribution >= 0.6 is 11.8 Å². The molecule has 0 bridgehead atoms. The van der Waals surface area contributed by atoms with E-state index in [4.69, 9.17) is 9.47 Å². The van der Waals surface area contributed by atoms with Gasteiger partial charge in [-0.1, -0.05) is 0 Å². The summed E-state index contributed by atoms with van der Waals surface area (Å²) in [5.41, 5.74) is -1.45. The van der Waals surface area contributed by atoms with Crippen molar-refractivity contribution >= 4 is 43.1 Å². The van der Waals surface area contributed by atoms with E-state index in [-0.39, 0.29) is 41.0 Å². The van der Waals surface area contributed by atoms with Crippen LogP contribution in [0.15, 0.2) is 88.1 Å². The molecule has 0 radical (unpaired) electrons. The number of ether oxygens (including phenoxy) is 2. The number of carbonyl (C=O) groups is 2. The molecule has 0 atom stereocenters. The van der Waals surface area contributed by atoms with Gasteiger partial charge in [-0.25, -0.2) is 0 Å². The first kappa shape index (κ1) is 25.0. The van der Waals surface area contributed by atoms with Crippen LogP contribution in [0.4, 0.5) is 0 Å². The summed E-state index contributed by atoms with van der Waals surface area (Å²) in [6.45, 7) is 7.62. The number of rotatable bonds is 12. The van der Waals surface area contributed by atoms with Gasteiger partial charge >= 0.3 is 196 Å². The summed E-state index contributed by atoms with van der Waals surface area (Å²) in [7, 11) is 0. The van der Waals surface area contributed by atoms with Gasteiger partial charge in [0.2, 0.25) is 0 Å². The predicted octanol–water partition coefficient (Wildman–Crippen LogP) is 4.73. The Morgan fingerprint density at radius 1 is 0.968 bits per heavy atom. The molecule has 2 rings (SSSR count). The molecule has 0 aliphatic carbocycles. The molecule has 0 aliphatic rings. The summed E-state index contributed by atoms with van der Waals surface area (Å²) in [5, 5.41) is 0. The molecule has 2 aromatic carbocycles. The molecule has 0 unspecified atom stereocenters. The Kier molecular flexibility index (Phi) is 10.6. The number of benzene rings is 2. The SMILES string of the molecule is C=CCC(C/C(=C/[Se]c1ccccc1)Sc1ccccc1)(C(=O)OCC)C(=O)OCC. The second-order valence-corrected chi connectivity index (χ2v) is 9.80. The van der Waals surface area contributed by atoms with Crippen LogP contribution in [0, 0.1) is 5.41 Å². The van der Waals surface area contributed by atoms with Crippen LogP contribution in [0.2, 0.25) is 0 Å². The first-order valence-corrected chi connectivity index (χ1v) is 12.8. The fraction of sp³-hybridized carbons (Fsp3) is 0.280. The predicted molar refractivity (Wildman–Crippen MR) is 127 cm³/mol. The van der Waals surface area contributed by atoms with Crippen molar-refractivity contribution in [2.45, 2.75) is 31.6 Å². The van der Waals surface area contributed by atoms with Gasteiger partial charge < -0.3 is 0 Å². The third-order valence-electron chi connectivity index (χ3n) is 4.36. The van der Waals surface area contributed by atoms with Gasteiger partial charge in [0.1, 0.15) is 0 Å². The molecule has 164 valence electrons. The first-order chi connectivity index (χ1) is 15.1. The summed E-state index contributed by atoms with van der Waals surface area (Å²) in [4.78, 5) is 30.2. The monoisotopic (exact) mass is 504 g/mol. The average Bonchev–Trinajstić information content (AvgIpc) is 2.78. The van der Waals surface area contributed by atoms with E-state index in [9.17, 15) is 9.59 Å². The molecule has 0 heterocycles. The van der Waals surface area contributed by atoms with Crippen LogP contribution in [0.5, 0.6) is 0 Å². The Morgan fingerprint density at radius 2 is 1.52 bits per heavy atom. The van der Waals surface area contributed by atoms with Crippen molar-refractivity contribution in [2.24, 2.45) is 5.41 Å². The number of thioether (sulfide) groups is 1. The standard InChI is InChI=1S/C25H28O4SSe/c1-4-17-25(23(26)28-5-2,24(27)29-6-3)18-21(30-20-13-9-7-10-14-20)19-31-22-15-11-8-12-16-22/h4,7-16,19H,1,5-6,17-18H2,2-3H3/b21-19-. The van der Waals surface area contributed by atoms with Gasteiger partial charge in [0.25, 0.3) is 0 Å². The summed E-state index contributed by atoms with van der Waals surface area (Å²) >= 11 is 1.60. The van der Waals surface area contributed by atoms with E-state index >= 15 is 0 Å². The van der Waals surface area contributed by atoms with Gasteiger partial charge in [0.05, 0.1) is 0 Å². The van der Waals surface area contributed by atoms with E-state index < -0.39 is 17.4 Å². The molecule has 2 aromatic rings. The van der Waals surface area contributed by atoms with Crippen LogP contribution < -0.4 is 4.46 Å². The quantitative estimate of drug-likeness (QED) is 0.138. The fourth-order valence-electron chi connectivity index (χ4n) is 2.92. The number of hydrogen-bond donors (Lipinski definition) is 0. The van der Waals surface area contributed by atoms with Gasteiger partial charge in [-0.3, -0.25) is 0 Å². The van der Waals surface area contributed by atoms with Gasteiger partial charge in [-0.2, -0.15) is 0 Å². The van der Waals surface area contributed by atoms with E-state index in [2.05, 4.69) is 23.7 Å². The Morgan fingerprint density at radius 3 is 2.03 bits per heavy atom. The van der Waals surface area contributed by atoms with Crippen molar-refractivity contribution in [3.05, 3.63) is 83.2 Å². The Bertz CT molecular complexity index is 863. The molecule has 0 spiro atoms. The fourth-order valence-corrected chi connectivity index (χ4v) is 5.83.